The Morgan fingerprint density at radius 1 is 0.893 bits per heavy atom. The van der Waals surface area contributed by atoms with Crippen molar-refractivity contribution in [3.8, 4) is 0 Å². The second-order valence-corrected chi connectivity index (χ2v) is 8.86. The minimum atomic E-state index is -0.101. The normalized spacial score (nSPS) is 16.7. The number of fused-ring (bicyclic) bond motifs is 2. The largest absolute Gasteiger partial charge is 0.382 e. The minimum absolute atomic E-state index is 0.0899. The molecule has 0 aromatic heterocycles. The van der Waals surface area contributed by atoms with Gasteiger partial charge in [-0.3, -0.25) is 9.59 Å². The van der Waals surface area contributed by atoms with Crippen LogP contribution in [0.15, 0.2) is 34.8 Å². The number of hydrogen-bond acceptors (Lipinski definition) is 4. The third-order valence-corrected chi connectivity index (χ3v) is 6.21. The van der Waals surface area contributed by atoms with E-state index in [0.717, 1.165) is 18.5 Å². The summed E-state index contributed by atoms with van der Waals surface area (Å²) in [5, 5.41) is 6.89. The molecule has 0 saturated heterocycles. The van der Waals surface area contributed by atoms with Gasteiger partial charge in [0, 0.05) is 39.1 Å². The van der Waals surface area contributed by atoms with Gasteiger partial charge in [-0.25, -0.2) is 0 Å². The molecule has 5 heteroatoms. The van der Waals surface area contributed by atoms with Gasteiger partial charge in [0.2, 0.25) is 0 Å². The smallest absolute Gasteiger partial charge is 0.198 e. The maximum atomic E-state index is 13.6. The maximum absolute atomic E-state index is 13.6. The van der Waals surface area contributed by atoms with Gasteiger partial charge in [0.15, 0.2) is 11.6 Å². The Labute approximate surface area is 174 Å². The predicted octanol–water partition coefficient (Wildman–Crippen LogP) is 5.79. The first-order chi connectivity index (χ1) is 13.5. The van der Waals surface area contributed by atoms with Gasteiger partial charge in [0.25, 0.3) is 0 Å². The Hall–Kier alpha value is -2.14. The van der Waals surface area contributed by atoms with Crippen LogP contribution in [0, 0.1) is 0 Å². The molecule has 146 valence electrons. The second kappa shape index (κ2) is 7.70. The molecule has 0 aliphatic heterocycles. The van der Waals surface area contributed by atoms with Crippen LogP contribution < -0.4 is 10.6 Å². The zero-order valence-corrected chi connectivity index (χ0v) is 17.9. The molecule has 1 fully saturated rings. The zero-order valence-electron chi connectivity index (χ0n) is 16.3. The highest BCUT2D eigenvalue weighted by molar-refractivity contribution is 9.10. The lowest BCUT2D eigenvalue weighted by Crippen LogP contribution is -2.28. The Balaban J connectivity index is 1.82. The molecule has 2 aliphatic carbocycles. The van der Waals surface area contributed by atoms with Gasteiger partial charge < -0.3 is 10.6 Å². The van der Waals surface area contributed by atoms with E-state index in [2.05, 4.69) is 26.6 Å². The van der Waals surface area contributed by atoms with E-state index >= 15 is 0 Å². The number of carbonyl (C=O) groups is 2. The average Bonchev–Trinajstić information content (AvgIpc) is 2.67. The lowest BCUT2D eigenvalue weighted by atomic mass is 9.82. The molecule has 0 amide bonds. The number of benzene rings is 2. The molecular formula is C23H25BrN2O2. The maximum Gasteiger partial charge on any atom is 0.198 e. The lowest BCUT2D eigenvalue weighted by molar-refractivity contribution is 0.0979. The molecule has 2 aromatic rings. The number of carbonyl (C=O) groups excluding carboxylic acids is 2. The molecule has 2 N–H and O–H groups in total. The van der Waals surface area contributed by atoms with Crippen LogP contribution in [0.4, 0.5) is 11.4 Å². The molecule has 2 aromatic carbocycles. The number of nitrogens with one attached hydrogen (secondary N) is 2. The van der Waals surface area contributed by atoms with Crippen LogP contribution in [0.1, 0.15) is 77.8 Å². The van der Waals surface area contributed by atoms with Crippen LogP contribution in [0.2, 0.25) is 0 Å². The topological polar surface area (TPSA) is 58.2 Å². The number of ketones is 2. The third-order valence-electron chi connectivity index (χ3n) is 5.55. The first kappa shape index (κ1) is 19.2. The highest BCUT2D eigenvalue weighted by Crippen LogP contribution is 2.39. The summed E-state index contributed by atoms with van der Waals surface area (Å²) in [5.41, 5.74) is 3.42. The summed E-state index contributed by atoms with van der Waals surface area (Å²) in [6.07, 6.45) is 5.89. The van der Waals surface area contributed by atoms with Crippen molar-refractivity contribution in [2.24, 2.45) is 0 Å². The summed E-state index contributed by atoms with van der Waals surface area (Å²) < 4.78 is 0.659. The Kier molecular flexibility index (Phi) is 5.28. The van der Waals surface area contributed by atoms with Crippen molar-refractivity contribution in [1.82, 2.24) is 0 Å². The predicted molar refractivity (Wildman–Crippen MR) is 117 cm³/mol. The molecule has 4 nitrogen and oxygen atoms in total. The van der Waals surface area contributed by atoms with Crippen LogP contribution >= 0.6 is 15.9 Å². The van der Waals surface area contributed by atoms with Gasteiger partial charge >= 0.3 is 0 Å². The van der Waals surface area contributed by atoms with Crippen molar-refractivity contribution in [1.29, 1.82) is 0 Å². The summed E-state index contributed by atoms with van der Waals surface area (Å²) in [4.78, 5) is 26.9. The molecule has 4 rings (SSSR count). The van der Waals surface area contributed by atoms with Crippen molar-refractivity contribution >= 4 is 38.9 Å². The molecule has 0 spiro atoms. The zero-order chi connectivity index (χ0) is 19.8. The van der Waals surface area contributed by atoms with E-state index in [1.807, 2.05) is 38.1 Å². The molecule has 0 bridgehead atoms. The van der Waals surface area contributed by atoms with E-state index in [1.54, 1.807) is 6.07 Å². The number of halogens is 1. The monoisotopic (exact) mass is 440 g/mol. The van der Waals surface area contributed by atoms with E-state index in [-0.39, 0.29) is 17.6 Å². The van der Waals surface area contributed by atoms with E-state index in [1.165, 1.54) is 19.3 Å². The summed E-state index contributed by atoms with van der Waals surface area (Å²) in [6.45, 7) is 4.04. The quantitative estimate of drug-likeness (QED) is 0.538. The van der Waals surface area contributed by atoms with Crippen LogP contribution in [0.25, 0.3) is 0 Å². The average molecular weight is 441 g/mol. The van der Waals surface area contributed by atoms with Crippen molar-refractivity contribution < 1.29 is 9.59 Å². The van der Waals surface area contributed by atoms with Crippen molar-refractivity contribution in [3.05, 3.63) is 57.1 Å². The lowest BCUT2D eigenvalue weighted by Gasteiger charge is -2.28. The summed E-state index contributed by atoms with van der Waals surface area (Å²) >= 11 is 3.48. The fraction of sp³-hybridized carbons (Fsp3) is 0.391. The molecule has 0 atom stereocenters. The minimum Gasteiger partial charge on any atom is -0.382 e. The van der Waals surface area contributed by atoms with Crippen LogP contribution in [0.3, 0.4) is 0 Å². The SMILES string of the molecule is CC(C)Nc1ccc(Br)c2c1C(=O)c1c(NC3CCCCC3)cccc1C2=O. The fourth-order valence-corrected chi connectivity index (χ4v) is 4.81. The van der Waals surface area contributed by atoms with Crippen molar-refractivity contribution in [3.63, 3.8) is 0 Å². The van der Waals surface area contributed by atoms with E-state index in [4.69, 9.17) is 0 Å². The highest BCUT2D eigenvalue weighted by Gasteiger charge is 2.35. The first-order valence-electron chi connectivity index (χ1n) is 10.1. The first-order valence-corrected chi connectivity index (χ1v) is 10.8. The molecule has 2 aliphatic rings. The van der Waals surface area contributed by atoms with Crippen molar-refractivity contribution in [2.45, 2.75) is 58.0 Å². The van der Waals surface area contributed by atoms with E-state index in [9.17, 15) is 9.59 Å². The Morgan fingerprint density at radius 2 is 1.64 bits per heavy atom. The molecule has 1 saturated carbocycles. The van der Waals surface area contributed by atoms with Gasteiger partial charge in [-0.05, 0) is 44.9 Å². The van der Waals surface area contributed by atoms with E-state index in [0.29, 0.717) is 38.5 Å². The second-order valence-electron chi connectivity index (χ2n) is 8.01. The molecule has 0 unspecified atom stereocenters. The summed E-state index contributed by atoms with van der Waals surface area (Å²) in [6, 6.07) is 9.78. The molecule has 0 radical (unpaired) electrons. The molecule has 28 heavy (non-hydrogen) atoms. The van der Waals surface area contributed by atoms with Gasteiger partial charge in [-0.1, -0.05) is 47.3 Å². The van der Waals surface area contributed by atoms with Crippen LogP contribution in [-0.4, -0.2) is 23.7 Å². The third kappa shape index (κ3) is 3.37. The van der Waals surface area contributed by atoms with Gasteiger partial charge in [0.05, 0.1) is 11.1 Å². The highest BCUT2D eigenvalue weighted by atomic mass is 79.9. The molecule has 0 heterocycles. The molecular weight excluding hydrogens is 416 g/mol. The van der Waals surface area contributed by atoms with Gasteiger partial charge in [-0.15, -0.1) is 0 Å². The van der Waals surface area contributed by atoms with Crippen LogP contribution in [-0.2, 0) is 0 Å². The van der Waals surface area contributed by atoms with Gasteiger partial charge in [0.1, 0.15) is 0 Å². The Bertz CT molecular complexity index is 946. The number of hydrogen-bond donors (Lipinski definition) is 2. The van der Waals surface area contributed by atoms with Crippen LogP contribution in [0.5, 0.6) is 0 Å². The van der Waals surface area contributed by atoms with Crippen molar-refractivity contribution in [2.75, 3.05) is 10.6 Å². The number of anilines is 2. The van der Waals surface area contributed by atoms with E-state index < -0.39 is 0 Å². The summed E-state index contributed by atoms with van der Waals surface area (Å²) in [7, 11) is 0. The number of rotatable bonds is 4. The Morgan fingerprint density at radius 3 is 2.36 bits per heavy atom. The van der Waals surface area contributed by atoms with Gasteiger partial charge in [-0.2, -0.15) is 0 Å². The standard InChI is InChI=1S/C23H25BrN2O2/c1-13(2)25-18-12-11-16(24)20-21(18)23(28)19-15(22(20)27)9-6-10-17(19)26-14-7-4-3-5-8-14/h6,9-14,25-26H,3-5,7-8H2,1-2H3. The summed E-state index contributed by atoms with van der Waals surface area (Å²) in [5.74, 6) is -0.191. The fourth-order valence-electron chi connectivity index (χ4n) is 4.30.